The van der Waals surface area contributed by atoms with Gasteiger partial charge in [0.15, 0.2) is 4.80 Å². The van der Waals surface area contributed by atoms with E-state index in [1.165, 1.54) is 28.0 Å². The lowest BCUT2D eigenvalue weighted by Gasteiger charge is -2.31. The van der Waals surface area contributed by atoms with Crippen LogP contribution in [-0.4, -0.2) is 4.57 Å². The number of rotatable bonds is 3. The molecule has 4 aromatic rings. The predicted molar refractivity (Wildman–Crippen MR) is 159 cm³/mol. The van der Waals surface area contributed by atoms with Crippen molar-refractivity contribution in [3.8, 4) is 0 Å². The predicted octanol–water partition coefficient (Wildman–Crippen LogP) is 7.32. The number of nitrogens with zero attached hydrogens (tertiary/aromatic N) is 2. The summed E-state index contributed by atoms with van der Waals surface area (Å²) in [4.78, 5) is 19.8. The first-order valence-electron chi connectivity index (χ1n) is 12.3. The van der Waals surface area contributed by atoms with E-state index in [2.05, 4.69) is 118 Å². The molecule has 0 bridgehead atoms. The summed E-state index contributed by atoms with van der Waals surface area (Å²) in [5.41, 5.74) is 8.02. The Bertz CT molecular complexity index is 1730. The smallest absolute Gasteiger partial charge is 0.271 e. The molecule has 37 heavy (non-hydrogen) atoms. The molecule has 2 heterocycles. The van der Waals surface area contributed by atoms with E-state index in [9.17, 15) is 4.79 Å². The van der Waals surface area contributed by atoms with Crippen LogP contribution in [0, 0.1) is 6.92 Å². The van der Waals surface area contributed by atoms with Gasteiger partial charge in [-0.2, -0.15) is 0 Å². The molecule has 0 amide bonds. The minimum Gasteiger partial charge on any atom is -0.272 e. The van der Waals surface area contributed by atoms with Crippen LogP contribution < -0.4 is 14.9 Å². The second kappa shape index (κ2) is 10.2. The molecule has 0 saturated carbocycles. The fourth-order valence-corrected chi connectivity index (χ4v) is 6.61. The summed E-state index contributed by atoms with van der Waals surface area (Å²) in [7, 11) is 0. The highest BCUT2D eigenvalue weighted by Gasteiger charge is 2.32. The van der Waals surface area contributed by atoms with Crippen LogP contribution in [0.2, 0.25) is 0 Å². The van der Waals surface area contributed by atoms with Crippen molar-refractivity contribution in [3.63, 3.8) is 0 Å². The Morgan fingerprint density at radius 1 is 0.865 bits per heavy atom. The Balaban J connectivity index is 1.57. The molecular weight excluding hydrogens is 608 g/mol. The topological polar surface area (TPSA) is 34.4 Å². The van der Waals surface area contributed by atoms with Gasteiger partial charge in [-0.05, 0) is 90.4 Å². The Morgan fingerprint density at radius 2 is 1.49 bits per heavy atom. The second-order valence-corrected chi connectivity index (χ2v) is 12.3. The van der Waals surface area contributed by atoms with E-state index in [4.69, 9.17) is 4.99 Å². The Kier molecular flexibility index (Phi) is 6.74. The molecule has 0 fully saturated rings. The molecule has 0 radical (unpaired) electrons. The van der Waals surface area contributed by atoms with Crippen LogP contribution in [0.1, 0.15) is 47.6 Å². The third kappa shape index (κ3) is 4.90. The third-order valence-electron chi connectivity index (χ3n) is 6.90. The maximum Gasteiger partial charge on any atom is 0.271 e. The zero-order valence-corrected chi connectivity index (χ0v) is 24.2. The molecule has 0 spiro atoms. The normalized spacial score (nSPS) is 18.5. The van der Waals surface area contributed by atoms with Gasteiger partial charge in [0, 0.05) is 8.95 Å². The number of allylic oxidation sites excluding steroid dienone is 2. The molecule has 3 aromatic carbocycles. The monoisotopic (exact) mass is 630 g/mol. The van der Waals surface area contributed by atoms with Gasteiger partial charge in [0.25, 0.3) is 5.56 Å². The molecule has 6 rings (SSSR count). The summed E-state index contributed by atoms with van der Waals surface area (Å²) < 4.78 is 4.71. The van der Waals surface area contributed by atoms with Gasteiger partial charge in [0.2, 0.25) is 0 Å². The van der Waals surface area contributed by atoms with Crippen molar-refractivity contribution in [2.24, 2.45) is 4.99 Å². The second-order valence-electron chi connectivity index (χ2n) is 9.49. The summed E-state index contributed by atoms with van der Waals surface area (Å²) >= 11 is 8.58. The van der Waals surface area contributed by atoms with Crippen LogP contribution in [0.25, 0.3) is 12.2 Å². The first-order chi connectivity index (χ1) is 18.0. The van der Waals surface area contributed by atoms with E-state index >= 15 is 0 Å². The molecule has 1 aliphatic heterocycles. The number of aryl methyl sites for hydroxylation is 1. The standard InChI is InChI=1S/C31H24Br2N2OS/c1-19-5-7-21(8-6-19)18-27-30(36)35-29(22-11-15-25(33)16-12-22)26-4-2-3-23(28(26)34-31(35)37-27)17-20-9-13-24(32)14-10-20/h5-18,29H,2-4H2,1H3/b23-17+,27-18+/t29-/m1/s1. The highest BCUT2D eigenvalue weighted by atomic mass is 79.9. The first-order valence-corrected chi connectivity index (χ1v) is 14.7. The quantitative estimate of drug-likeness (QED) is 0.233. The van der Waals surface area contributed by atoms with E-state index in [0.29, 0.717) is 4.53 Å². The average molecular weight is 632 g/mol. The van der Waals surface area contributed by atoms with Crippen molar-refractivity contribution in [1.82, 2.24) is 4.57 Å². The maximum absolute atomic E-state index is 13.8. The molecule has 3 nitrogen and oxygen atoms in total. The molecule has 1 atom stereocenters. The van der Waals surface area contributed by atoms with Crippen molar-refractivity contribution in [2.75, 3.05) is 0 Å². The van der Waals surface area contributed by atoms with Gasteiger partial charge in [0.1, 0.15) is 0 Å². The van der Waals surface area contributed by atoms with Gasteiger partial charge in [-0.3, -0.25) is 9.36 Å². The number of halogens is 2. The molecule has 6 heteroatoms. The van der Waals surface area contributed by atoms with Gasteiger partial charge < -0.3 is 0 Å². The van der Waals surface area contributed by atoms with Crippen molar-refractivity contribution in [3.05, 3.63) is 141 Å². The Morgan fingerprint density at radius 3 is 2.19 bits per heavy atom. The Labute approximate surface area is 236 Å². The molecule has 1 aromatic heterocycles. The van der Waals surface area contributed by atoms with E-state index in [-0.39, 0.29) is 11.6 Å². The Hall–Kier alpha value is -2.80. The highest BCUT2D eigenvalue weighted by Crippen LogP contribution is 2.41. The number of hydrogen-bond acceptors (Lipinski definition) is 3. The number of fused-ring (bicyclic) bond motifs is 1. The molecule has 184 valence electrons. The first kappa shape index (κ1) is 24.5. The van der Waals surface area contributed by atoms with Crippen molar-refractivity contribution in [1.29, 1.82) is 0 Å². The number of benzene rings is 3. The van der Waals surface area contributed by atoms with Gasteiger partial charge in [-0.15, -0.1) is 0 Å². The lowest BCUT2D eigenvalue weighted by Crippen LogP contribution is -2.39. The molecule has 0 saturated heterocycles. The fraction of sp³-hybridized carbons (Fsp3) is 0.161. The zero-order valence-electron chi connectivity index (χ0n) is 20.2. The van der Waals surface area contributed by atoms with E-state index in [1.807, 2.05) is 10.6 Å². The minimum absolute atomic E-state index is 0.0211. The molecule has 1 aliphatic carbocycles. The maximum atomic E-state index is 13.8. The molecule has 0 N–H and O–H groups in total. The van der Waals surface area contributed by atoms with Crippen LogP contribution in [0.15, 0.2) is 108 Å². The van der Waals surface area contributed by atoms with Crippen LogP contribution in [0.4, 0.5) is 0 Å². The van der Waals surface area contributed by atoms with E-state index in [0.717, 1.165) is 55.4 Å². The van der Waals surface area contributed by atoms with Crippen LogP contribution in [0.5, 0.6) is 0 Å². The lowest BCUT2D eigenvalue weighted by atomic mass is 9.84. The van der Waals surface area contributed by atoms with E-state index < -0.39 is 0 Å². The third-order valence-corrected chi connectivity index (χ3v) is 8.95. The molecular formula is C31H24Br2N2OS. The van der Waals surface area contributed by atoms with Crippen molar-refractivity contribution < 1.29 is 0 Å². The zero-order chi connectivity index (χ0) is 25.5. The van der Waals surface area contributed by atoms with Gasteiger partial charge in [-0.25, -0.2) is 4.99 Å². The van der Waals surface area contributed by atoms with Crippen LogP contribution in [0.3, 0.4) is 0 Å². The lowest BCUT2D eigenvalue weighted by molar-refractivity contribution is 0.553. The summed E-state index contributed by atoms with van der Waals surface area (Å²) in [5.74, 6) is 0. The number of thiazole rings is 1. The van der Waals surface area contributed by atoms with Gasteiger partial charge in [-0.1, -0.05) is 97.3 Å². The average Bonchev–Trinajstić information content (AvgIpc) is 3.21. The summed E-state index contributed by atoms with van der Waals surface area (Å²) in [5, 5.41) is 0. The van der Waals surface area contributed by atoms with Crippen LogP contribution >= 0.6 is 43.2 Å². The molecule has 0 unspecified atom stereocenters. The van der Waals surface area contributed by atoms with E-state index in [1.54, 1.807) is 0 Å². The van der Waals surface area contributed by atoms with Gasteiger partial charge >= 0.3 is 0 Å². The van der Waals surface area contributed by atoms with Crippen molar-refractivity contribution in [2.45, 2.75) is 32.2 Å². The number of hydrogen-bond donors (Lipinski definition) is 0. The summed E-state index contributed by atoms with van der Waals surface area (Å²) in [6.07, 6.45) is 7.19. The van der Waals surface area contributed by atoms with Crippen LogP contribution in [-0.2, 0) is 0 Å². The largest absolute Gasteiger partial charge is 0.272 e. The summed E-state index contributed by atoms with van der Waals surface area (Å²) in [6, 6.07) is 24.8. The van der Waals surface area contributed by atoms with Crippen molar-refractivity contribution >= 4 is 55.3 Å². The molecule has 2 aliphatic rings. The summed E-state index contributed by atoms with van der Waals surface area (Å²) in [6.45, 7) is 2.07. The highest BCUT2D eigenvalue weighted by molar-refractivity contribution is 9.10. The minimum atomic E-state index is -0.159. The fourth-order valence-electron chi connectivity index (χ4n) is 5.08. The SMILES string of the molecule is Cc1ccc(/C=c2/sc3n(c2=O)[C@H](c2ccc(Br)cc2)C2=C(N=3)/C(=C/c3ccc(Br)cc3)CCC2)cc1. The van der Waals surface area contributed by atoms with Gasteiger partial charge in [0.05, 0.1) is 16.3 Å². The number of aromatic nitrogens is 1.